The lowest BCUT2D eigenvalue weighted by Crippen LogP contribution is -2.42. The molecule has 0 atom stereocenters. The predicted octanol–water partition coefficient (Wildman–Crippen LogP) is 4.81. The van der Waals surface area contributed by atoms with Crippen molar-refractivity contribution in [2.24, 2.45) is 17.4 Å². The highest BCUT2D eigenvalue weighted by atomic mass is 35.5. The Labute approximate surface area is 421 Å². The van der Waals surface area contributed by atoms with Gasteiger partial charge in [0.1, 0.15) is 46.6 Å². The number of carbonyl (C=O) groups is 5. The van der Waals surface area contributed by atoms with Crippen LogP contribution in [-0.2, 0) is 30.9 Å². The molecule has 6 aromatic rings. The van der Waals surface area contributed by atoms with E-state index in [0.29, 0.717) is 89.6 Å². The normalized spacial score (nSPS) is 14.2. The first kappa shape index (κ1) is 51.9. The van der Waals surface area contributed by atoms with E-state index in [2.05, 4.69) is 38.0 Å². The number of anilines is 2. The molecule has 0 unspecified atom stereocenters. The minimum atomic E-state index is -0.709. The summed E-state index contributed by atoms with van der Waals surface area (Å²) in [6.07, 6.45) is 6.28. The van der Waals surface area contributed by atoms with Crippen molar-refractivity contribution in [2.45, 2.75) is 85.7 Å². The van der Waals surface area contributed by atoms with Crippen molar-refractivity contribution >= 4 is 76.1 Å². The second-order valence-corrected chi connectivity index (χ2v) is 17.3. The minimum absolute atomic E-state index is 0. The number of halogens is 1. The highest BCUT2D eigenvalue weighted by molar-refractivity contribution is 6.05. The maximum atomic E-state index is 13.9. The van der Waals surface area contributed by atoms with Crippen LogP contribution < -0.4 is 36.9 Å². The number of hydrogen-bond acceptors (Lipinski definition) is 13. The fourth-order valence-electron chi connectivity index (χ4n) is 8.82. The van der Waals surface area contributed by atoms with E-state index in [-0.39, 0.29) is 79.0 Å². The molecule has 0 aliphatic carbocycles. The summed E-state index contributed by atoms with van der Waals surface area (Å²) in [5.74, 6) is 5.00. The number of allylic oxidation sites excluding steroid dienone is 2. The molecule has 2 saturated heterocycles. The van der Waals surface area contributed by atoms with Gasteiger partial charge in [0, 0.05) is 56.3 Å². The molecule has 72 heavy (non-hydrogen) atoms. The number of aryl methyl sites for hydroxylation is 4. The Morgan fingerprint density at radius 3 is 1.74 bits per heavy atom. The van der Waals surface area contributed by atoms with Gasteiger partial charge in [-0.05, 0) is 103 Å². The van der Waals surface area contributed by atoms with Crippen LogP contribution in [0, 0.1) is 31.6 Å². The number of imidazole rings is 2. The molecule has 2 aromatic carbocycles. The molecule has 8 rings (SSSR count). The van der Waals surface area contributed by atoms with E-state index >= 15 is 0 Å². The van der Waals surface area contributed by atoms with E-state index in [1.54, 1.807) is 49.4 Å². The Bertz CT molecular complexity index is 3110. The molecule has 2 fully saturated rings. The first-order valence-electron chi connectivity index (χ1n) is 23.6. The number of piperidine rings is 2. The first-order valence-corrected chi connectivity index (χ1v) is 23.6. The van der Waals surface area contributed by atoms with Gasteiger partial charge in [-0.1, -0.05) is 24.0 Å². The van der Waals surface area contributed by atoms with Crippen molar-refractivity contribution < 1.29 is 38.2 Å². The maximum Gasteiger partial charge on any atom is 0.410 e. The number of carbonyl (C=O) groups excluding carboxylic acids is 5. The highest BCUT2D eigenvalue weighted by Gasteiger charge is 2.27. The lowest BCUT2D eigenvalue weighted by atomic mass is 9.98. The molecule has 380 valence electrons. The molecule has 0 radical (unpaired) electrons. The van der Waals surface area contributed by atoms with Crippen LogP contribution in [0.2, 0.25) is 0 Å². The number of hydrogen-bond donors (Lipinski definition) is 5. The van der Waals surface area contributed by atoms with Gasteiger partial charge < -0.3 is 45.0 Å². The summed E-state index contributed by atoms with van der Waals surface area (Å²) in [4.78, 5) is 76.7. The van der Waals surface area contributed by atoms with Crippen molar-refractivity contribution in [3.8, 4) is 23.3 Å². The topological polar surface area (TPSA) is 276 Å². The van der Waals surface area contributed by atoms with Crippen molar-refractivity contribution in [3.63, 3.8) is 0 Å². The van der Waals surface area contributed by atoms with Gasteiger partial charge in [-0.25, -0.2) is 14.8 Å². The van der Waals surface area contributed by atoms with Gasteiger partial charge in [-0.15, -0.1) is 12.4 Å². The molecule has 0 saturated carbocycles. The zero-order valence-electron chi connectivity index (χ0n) is 40.8. The molecular formula is C49H59ClN14O8. The smallest absolute Gasteiger partial charge is 0.410 e. The van der Waals surface area contributed by atoms with Gasteiger partial charge in [-0.3, -0.25) is 39.2 Å². The summed E-state index contributed by atoms with van der Waals surface area (Å²) in [6, 6.07) is 9.45. The Balaban J connectivity index is 0.00000760. The number of aromatic nitrogens is 8. The van der Waals surface area contributed by atoms with E-state index in [9.17, 15) is 24.0 Å². The Morgan fingerprint density at radius 1 is 0.750 bits per heavy atom. The summed E-state index contributed by atoms with van der Waals surface area (Å²) in [7, 11) is 1.46. The van der Waals surface area contributed by atoms with Gasteiger partial charge in [0.25, 0.3) is 11.8 Å². The molecule has 4 aromatic heterocycles. The number of fused-ring (bicyclic) bond motifs is 2. The fraction of sp³-hybridized carbons (Fsp3) is 0.408. The first-order chi connectivity index (χ1) is 34.2. The number of methoxy groups -OCH3 is 1. The molecule has 2 aliphatic heterocycles. The molecule has 2 aliphatic rings. The van der Waals surface area contributed by atoms with Gasteiger partial charge in [0.05, 0.1) is 29.5 Å². The van der Waals surface area contributed by atoms with Crippen LogP contribution in [0.5, 0.6) is 11.5 Å². The van der Waals surface area contributed by atoms with Crippen LogP contribution in [0.15, 0.2) is 48.6 Å². The van der Waals surface area contributed by atoms with Crippen molar-refractivity contribution in [3.05, 3.63) is 82.5 Å². The number of likely N-dealkylation sites (tertiary alicyclic amines) is 1. The van der Waals surface area contributed by atoms with Crippen molar-refractivity contribution in [2.75, 3.05) is 50.5 Å². The molecule has 23 heteroatoms. The zero-order chi connectivity index (χ0) is 50.3. The van der Waals surface area contributed by atoms with Crippen molar-refractivity contribution in [1.29, 1.82) is 0 Å². The number of nitrogens with two attached hydrogens (primary N) is 2. The second-order valence-electron chi connectivity index (χ2n) is 17.3. The van der Waals surface area contributed by atoms with Crippen LogP contribution in [0.25, 0.3) is 22.1 Å². The van der Waals surface area contributed by atoms with Crippen LogP contribution in [-0.4, -0.2) is 119 Å². The zero-order valence-corrected chi connectivity index (χ0v) is 41.6. The largest absolute Gasteiger partial charge is 0.494 e. The van der Waals surface area contributed by atoms with Gasteiger partial charge in [-0.2, -0.15) is 10.2 Å². The quantitative estimate of drug-likeness (QED) is 0.0644. The third-order valence-corrected chi connectivity index (χ3v) is 12.4. The van der Waals surface area contributed by atoms with E-state index < -0.39 is 23.6 Å². The van der Waals surface area contributed by atoms with Crippen LogP contribution in [0.3, 0.4) is 0 Å². The van der Waals surface area contributed by atoms with E-state index in [4.69, 9.17) is 35.6 Å². The monoisotopic (exact) mass is 1010 g/mol. The summed E-state index contributed by atoms with van der Waals surface area (Å²) in [6.45, 7) is 11.2. The molecule has 6 heterocycles. The maximum absolute atomic E-state index is 13.9. The molecule has 5 amide bonds. The average Bonchev–Trinajstić information content (AvgIpc) is 4.13. The number of amides is 5. The van der Waals surface area contributed by atoms with E-state index in [0.717, 1.165) is 25.9 Å². The number of ether oxygens (including phenoxy) is 3. The highest BCUT2D eigenvalue weighted by Crippen LogP contribution is 2.33. The molecule has 0 spiro atoms. The van der Waals surface area contributed by atoms with Crippen LogP contribution in [0.4, 0.5) is 16.7 Å². The number of nitrogens with one attached hydrogen (secondary N) is 3. The Kier molecular flexibility index (Phi) is 16.5. The van der Waals surface area contributed by atoms with Crippen LogP contribution in [0.1, 0.15) is 92.6 Å². The van der Waals surface area contributed by atoms with Gasteiger partial charge in [0.15, 0.2) is 0 Å². The summed E-state index contributed by atoms with van der Waals surface area (Å²) < 4.78 is 24.4. The van der Waals surface area contributed by atoms with Crippen molar-refractivity contribution in [1.82, 2.24) is 48.9 Å². The molecule has 22 nitrogen and oxygen atoms in total. The minimum Gasteiger partial charge on any atom is -0.494 e. The summed E-state index contributed by atoms with van der Waals surface area (Å²) in [5.41, 5.74) is 15.4. The standard InChI is InChI=1S/C49H58N14O8.ClH/c1-6-62-37(23-29(3)57-62)45(66)55-47-53-35-25-32(43(50)64)27-39(69-5)41(35)60(47)18-8-9-19-61-42-36(54-48(61)56-46(67)38-24-30(4)58-63(38)7-2)26-33(44(51)65)28-40(42)70-22-10-11-31-14-20-59(21-15-31)49(68)71-34-12-16-52-17-13-34;/h8-9,23-28,31,34,52H,6-7,12-22H2,1-5H3,(H2,50,64)(H2,51,65)(H,53,55,66)(H,54,56,67);1H/b9-8+;. The lowest BCUT2D eigenvalue weighted by Gasteiger charge is -2.31. The number of primary amides is 2. The molecule has 7 N–H and O–H groups in total. The van der Waals surface area contributed by atoms with E-state index in [1.807, 2.05) is 26.0 Å². The van der Waals surface area contributed by atoms with Gasteiger partial charge in [0.2, 0.25) is 23.7 Å². The van der Waals surface area contributed by atoms with E-state index in [1.165, 1.54) is 31.4 Å². The Morgan fingerprint density at radius 2 is 1.25 bits per heavy atom. The Hall–Kier alpha value is -7.90. The SMILES string of the molecule is CCn1nc(C)cc1C(=O)Nc1nc2cc(C(N)=O)cc(OC)c2n1C/C=C/Cn1c(NC(=O)c2cc(C)nn2CC)nc2cc(C(N)=O)cc(OCC#CC3CCN(C(=O)OC4CCNCC4)CC3)c21.Cl. The van der Waals surface area contributed by atoms with Crippen LogP contribution >= 0.6 is 12.4 Å². The summed E-state index contributed by atoms with van der Waals surface area (Å²) >= 11 is 0. The molecular weight excluding hydrogens is 948 g/mol. The average molecular weight is 1010 g/mol. The summed E-state index contributed by atoms with van der Waals surface area (Å²) in [5, 5.41) is 18.0. The number of nitrogens with zero attached hydrogens (tertiary/aromatic N) is 9. The fourth-order valence-corrected chi connectivity index (χ4v) is 8.82. The third-order valence-electron chi connectivity index (χ3n) is 12.4. The number of benzene rings is 2. The molecule has 0 bridgehead atoms. The second kappa shape index (κ2) is 22.9. The lowest BCUT2D eigenvalue weighted by molar-refractivity contribution is 0.0428. The third kappa shape index (κ3) is 11.5. The number of rotatable bonds is 16. The predicted molar refractivity (Wildman–Crippen MR) is 271 cm³/mol. The van der Waals surface area contributed by atoms with Gasteiger partial charge >= 0.3 is 6.09 Å².